The molecule has 4 rings (SSSR count). The maximum Gasteiger partial charge on any atom is 0.237 e. The van der Waals surface area contributed by atoms with E-state index in [2.05, 4.69) is 5.32 Å². The summed E-state index contributed by atoms with van der Waals surface area (Å²) in [7, 11) is 0.412. The summed E-state index contributed by atoms with van der Waals surface area (Å²) >= 11 is 0. The Labute approximate surface area is 148 Å². The Morgan fingerprint density at radius 3 is 2.20 bits per heavy atom. The highest BCUT2D eigenvalue weighted by Crippen LogP contribution is 2.50. The Balaban J connectivity index is 1.52. The van der Waals surface area contributed by atoms with Crippen molar-refractivity contribution in [1.29, 1.82) is 0 Å². The number of amides is 2. The lowest BCUT2D eigenvalue weighted by Gasteiger charge is -2.44. The number of rotatable bonds is 3. The van der Waals surface area contributed by atoms with E-state index < -0.39 is 15.9 Å². The molecule has 1 saturated carbocycles. The summed E-state index contributed by atoms with van der Waals surface area (Å²) in [6.45, 7) is 2.90. The monoisotopic (exact) mass is 370 g/mol. The lowest BCUT2D eigenvalue weighted by molar-refractivity contribution is -0.147. The number of carbonyl (C=O) groups excluding carboxylic acids is 2. The minimum atomic E-state index is -3.23. The third-order valence-electron chi connectivity index (χ3n) is 6.11. The third kappa shape index (κ3) is 2.96. The zero-order valence-electron chi connectivity index (χ0n) is 14.7. The van der Waals surface area contributed by atoms with Crippen molar-refractivity contribution in [2.75, 3.05) is 58.3 Å². The van der Waals surface area contributed by atoms with Crippen LogP contribution in [0.4, 0.5) is 0 Å². The summed E-state index contributed by atoms with van der Waals surface area (Å²) in [5.74, 6) is 0.874. The van der Waals surface area contributed by atoms with Crippen molar-refractivity contribution >= 4 is 21.7 Å². The molecule has 9 heteroatoms. The van der Waals surface area contributed by atoms with E-state index in [0.717, 1.165) is 13.1 Å². The van der Waals surface area contributed by atoms with E-state index in [1.165, 1.54) is 0 Å². The highest BCUT2D eigenvalue weighted by Gasteiger charge is 2.60. The number of carbonyl (C=O) groups is 2. The minimum Gasteiger partial charge on any atom is -0.335 e. The molecule has 4 fully saturated rings. The van der Waals surface area contributed by atoms with Crippen molar-refractivity contribution in [3.63, 3.8) is 0 Å². The molecule has 2 amide bonds. The molecule has 0 spiro atoms. The van der Waals surface area contributed by atoms with Crippen LogP contribution in [0.2, 0.25) is 0 Å². The molecule has 1 unspecified atom stereocenters. The summed E-state index contributed by atoms with van der Waals surface area (Å²) in [5.41, 5.74) is 0. The van der Waals surface area contributed by atoms with E-state index in [-0.39, 0.29) is 41.8 Å². The molecule has 3 aliphatic heterocycles. The highest BCUT2D eigenvalue weighted by molar-refractivity contribution is 7.91. The summed E-state index contributed by atoms with van der Waals surface area (Å²) in [6.07, 6.45) is 0. The maximum absolute atomic E-state index is 13.0. The smallest absolute Gasteiger partial charge is 0.237 e. The second kappa shape index (κ2) is 5.92. The summed E-state index contributed by atoms with van der Waals surface area (Å²) in [5, 5.41) is 3.28. The molecule has 0 aromatic heterocycles. The molecule has 8 nitrogen and oxygen atoms in total. The zero-order valence-corrected chi connectivity index (χ0v) is 15.5. The summed E-state index contributed by atoms with van der Waals surface area (Å²) in [6, 6.07) is -0.779. The average molecular weight is 370 g/mol. The molecular formula is C16H26N4O4S. The van der Waals surface area contributed by atoms with Crippen LogP contribution in [-0.4, -0.2) is 105 Å². The van der Waals surface area contributed by atoms with Gasteiger partial charge in [-0.25, -0.2) is 8.42 Å². The molecule has 4 aliphatic rings. The van der Waals surface area contributed by atoms with Gasteiger partial charge in [-0.2, -0.15) is 0 Å². The summed E-state index contributed by atoms with van der Waals surface area (Å²) in [4.78, 5) is 30.7. The standard InChI is InChI=1S/C16H26N4O4S/c1-18(2)7-14(21)19-3-4-20(13-9-25(23,24)8-12(13)19)16(22)15-10-5-17-6-11(10)15/h10-13,15,17H,3-9H2,1-2H3/t10-,11+,12-,13+,15?/m0/s1. The molecule has 0 bridgehead atoms. The van der Waals surface area contributed by atoms with Gasteiger partial charge in [0.25, 0.3) is 0 Å². The van der Waals surface area contributed by atoms with Gasteiger partial charge in [-0.3, -0.25) is 9.59 Å². The quantitative estimate of drug-likeness (QED) is 0.609. The highest BCUT2D eigenvalue weighted by atomic mass is 32.2. The van der Waals surface area contributed by atoms with Crippen LogP contribution >= 0.6 is 0 Å². The van der Waals surface area contributed by atoms with E-state index in [4.69, 9.17) is 0 Å². The number of sulfone groups is 1. The van der Waals surface area contributed by atoms with Crippen molar-refractivity contribution in [1.82, 2.24) is 20.0 Å². The van der Waals surface area contributed by atoms with Crippen LogP contribution in [0, 0.1) is 17.8 Å². The van der Waals surface area contributed by atoms with Crippen LogP contribution in [0.3, 0.4) is 0 Å². The van der Waals surface area contributed by atoms with E-state index in [9.17, 15) is 18.0 Å². The normalized spacial score (nSPS) is 38.6. The van der Waals surface area contributed by atoms with Gasteiger partial charge < -0.3 is 20.0 Å². The fourth-order valence-electron chi connectivity index (χ4n) is 4.87. The Morgan fingerprint density at radius 1 is 1.04 bits per heavy atom. The molecule has 25 heavy (non-hydrogen) atoms. The van der Waals surface area contributed by atoms with E-state index in [1.807, 2.05) is 14.1 Å². The molecule has 0 radical (unpaired) electrons. The van der Waals surface area contributed by atoms with Crippen molar-refractivity contribution < 1.29 is 18.0 Å². The van der Waals surface area contributed by atoms with Gasteiger partial charge in [0.2, 0.25) is 11.8 Å². The summed E-state index contributed by atoms with van der Waals surface area (Å²) < 4.78 is 24.5. The number of nitrogens with one attached hydrogen (secondary N) is 1. The van der Waals surface area contributed by atoms with Gasteiger partial charge in [-0.15, -0.1) is 0 Å². The van der Waals surface area contributed by atoms with Gasteiger partial charge in [-0.05, 0) is 39.0 Å². The molecule has 0 aromatic rings. The molecule has 0 aromatic carbocycles. The molecule has 1 aliphatic carbocycles. The molecule has 5 atom stereocenters. The fraction of sp³-hybridized carbons (Fsp3) is 0.875. The first-order valence-corrected chi connectivity index (χ1v) is 10.8. The van der Waals surface area contributed by atoms with E-state index in [1.54, 1.807) is 14.7 Å². The van der Waals surface area contributed by atoms with Crippen LogP contribution in [0.25, 0.3) is 0 Å². The van der Waals surface area contributed by atoms with Crippen LogP contribution < -0.4 is 5.32 Å². The second-order valence-electron chi connectivity index (χ2n) is 8.08. The largest absolute Gasteiger partial charge is 0.335 e. The van der Waals surface area contributed by atoms with Crippen molar-refractivity contribution in [2.45, 2.75) is 12.1 Å². The first-order valence-electron chi connectivity index (χ1n) is 8.94. The van der Waals surface area contributed by atoms with Crippen LogP contribution in [-0.2, 0) is 19.4 Å². The van der Waals surface area contributed by atoms with Gasteiger partial charge in [0.1, 0.15) is 0 Å². The van der Waals surface area contributed by atoms with Gasteiger partial charge in [0.05, 0.1) is 30.1 Å². The Kier molecular flexibility index (Phi) is 4.08. The Morgan fingerprint density at radius 2 is 1.60 bits per heavy atom. The van der Waals surface area contributed by atoms with Crippen LogP contribution in [0.1, 0.15) is 0 Å². The van der Waals surface area contributed by atoms with E-state index >= 15 is 0 Å². The van der Waals surface area contributed by atoms with Crippen LogP contribution in [0.15, 0.2) is 0 Å². The number of piperazine rings is 1. The number of likely N-dealkylation sites (N-methyl/N-ethyl adjacent to an activating group) is 1. The Hall–Kier alpha value is -1.19. The second-order valence-corrected chi connectivity index (χ2v) is 10.2. The van der Waals surface area contributed by atoms with Crippen molar-refractivity contribution in [3.8, 4) is 0 Å². The SMILES string of the molecule is CN(C)CC(=O)N1CCN(C(=O)C2[C@H]3CNC[C@@H]23)[C@@H]2CS(=O)(=O)C[C@@H]21. The average Bonchev–Trinajstić information content (AvgIpc) is 2.85. The molecule has 3 heterocycles. The molecule has 3 saturated heterocycles. The number of nitrogens with zero attached hydrogens (tertiary/aromatic N) is 3. The van der Waals surface area contributed by atoms with Gasteiger partial charge in [0, 0.05) is 19.0 Å². The van der Waals surface area contributed by atoms with Crippen molar-refractivity contribution in [2.24, 2.45) is 17.8 Å². The van der Waals surface area contributed by atoms with Crippen molar-refractivity contribution in [3.05, 3.63) is 0 Å². The zero-order chi connectivity index (χ0) is 17.9. The predicted octanol–water partition coefficient (Wildman–Crippen LogP) is -2.15. The minimum absolute atomic E-state index is 0.0184. The lowest BCUT2D eigenvalue weighted by atomic mass is 10.0. The fourth-order valence-corrected chi connectivity index (χ4v) is 6.85. The Bertz CT molecular complexity index is 684. The first-order chi connectivity index (χ1) is 11.8. The first kappa shape index (κ1) is 17.2. The van der Waals surface area contributed by atoms with Gasteiger partial charge in [-0.1, -0.05) is 0 Å². The van der Waals surface area contributed by atoms with Crippen LogP contribution in [0.5, 0.6) is 0 Å². The number of fused-ring (bicyclic) bond motifs is 2. The molecule has 140 valence electrons. The number of hydrogen-bond donors (Lipinski definition) is 1. The molecule has 1 N–H and O–H groups in total. The predicted molar refractivity (Wildman–Crippen MR) is 91.5 cm³/mol. The lowest BCUT2D eigenvalue weighted by Crippen LogP contribution is -2.63. The van der Waals surface area contributed by atoms with E-state index in [0.29, 0.717) is 24.9 Å². The third-order valence-corrected chi connectivity index (χ3v) is 7.81. The topological polar surface area (TPSA) is 90.0 Å². The molecular weight excluding hydrogens is 344 g/mol. The number of hydrogen-bond acceptors (Lipinski definition) is 6. The van der Waals surface area contributed by atoms with Gasteiger partial charge >= 0.3 is 0 Å². The van der Waals surface area contributed by atoms with Gasteiger partial charge in [0.15, 0.2) is 9.84 Å². The maximum atomic E-state index is 13.0. The number of piperidine rings is 1.